The number of rotatable bonds is 5. The molecule has 0 N–H and O–H groups in total. The molecule has 0 spiro atoms. The largest absolute Gasteiger partial charge is 0.455 e. The van der Waals surface area contributed by atoms with Crippen molar-refractivity contribution in [2.45, 2.75) is 19.3 Å². The fraction of sp³-hybridized carbons (Fsp3) is 0.0625. The lowest BCUT2D eigenvalue weighted by atomic mass is 9.82. The summed E-state index contributed by atoms with van der Waals surface area (Å²) in [5.74, 6) is 1.56. The van der Waals surface area contributed by atoms with Gasteiger partial charge in [0.25, 0.3) is 0 Å². The molecular formula is C48H33N3O. The third-order valence-corrected chi connectivity index (χ3v) is 10.2. The minimum Gasteiger partial charge on any atom is -0.455 e. The van der Waals surface area contributed by atoms with E-state index >= 15 is 0 Å². The summed E-state index contributed by atoms with van der Waals surface area (Å²) in [5.41, 5.74) is 10.4. The molecule has 2 aromatic heterocycles. The van der Waals surface area contributed by atoms with Gasteiger partial charge in [-0.3, -0.25) is 0 Å². The molecule has 0 amide bonds. The van der Waals surface area contributed by atoms with Crippen molar-refractivity contribution >= 4 is 21.9 Å². The first-order valence-corrected chi connectivity index (χ1v) is 17.3. The van der Waals surface area contributed by atoms with Crippen LogP contribution in [0.3, 0.4) is 0 Å². The van der Waals surface area contributed by atoms with Gasteiger partial charge in [0.2, 0.25) is 0 Å². The first-order chi connectivity index (χ1) is 27.6. The Labute approximate surface area is 309 Å². The van der Waals surface area contributed by atoms with E-state index in [1.807, 2.05) is 91.0 Å². The van der Waals surface area contributed by atoms with Crippen LogP contribution < -0.4 is 0 Å². The molecule has 4 heteroatoms. The van der Waals surface area contributed by atoms with Crippen LogP contribution in [0.25, 0.3) is 89.5 Å². The first kappa shape index (κ1) is 25.3. The van der Waals surface area contributed by atoms with Gasteiger partial charge in [-0.1, -0.05) is 147 Å². The molecule has 0 radical (unpaired) electrons. The molecule has 52 heavy (non-hydrogen) atoms. The van der Waals surface area contributed by atoms with Crippen molar-refractivity contribution < 1.29 is 11.3 Å². The summed E-state index contributed by atoms with van der Waals surface area (Å²) in [6, 6.07) is 42.5. The van der Waals surface area contributed by atoms with E-state index < -0.39 is 18.1 Å². The van der Waals surface area contributed by atoms with Gasteiger partial charge in [-0.2, -0.15) is 0 Å². The van der Waals surface area contributed by atoms with E-state index in [0.29, 0.717) is 39.8 Å². The fourth-order valence-corrected chi connectivity index (χ4v) is 7.58. The zero-order valence-corrected chi connectivity index (χ0v) is 28.5. The highest BCUT2D eigenvalue weighted by Crippen LogP contribution is 2.49. The Morgan fingerprint density at radius 3 is 1.83 bits per heavy atom. The maximum absolute atomic E-state index is 8.85. The van der Waals surface area contributed by atoms with Crippen LogP contribution in [0.1, 0.15) is 31.8 Å². The molecule has 0 unspecified atom stereocenters. The van der Waals surface area contributed by atoms with Gasteiger partial charge < -0.3 is 4.42 Å². The van der Waals surface area contributed by atoms with Crippen LogP contribution in [0.4, 0.5) is 0 Å². The molecule has 1 aliphatic rings. The summed E-state index contributed by atoms with van der Waals surface area (Å²) in [4.78, 5) is 15.1. The number of furan rings is 1. The standard InChI is InChI=1S/C48H33N3O/c1-48(2)41-21-13-12-20-36(41)37-24-22-33(28-42(37)48)46-49-45(32-18-10-5-11-19-32)50-47(51-46)34-23-25-38-40-27-35(30-14-6-3-7-15-30)26-39(31-16-8-4-9-17-31)44(40)52-43(38)29-34/h3-29H,1-2H3/i4D,8D,9D,16D,17D. The van der Waals surface area contributed by atoms with Crippen LogP contribution in [-0.2, 0) is 5.41 Å². The number of fused-ring (bicyclic) bond motifs is 6. The highest BCUT2D eigenvalue weighted by Gasteiger charge is 2.35. The Kier molecular flexibility index (Phi) is 5.70. The molecule has 1 aliphatic carbocycles. The molecule has 0 atom stereocenters. The third-order valence-electron chi connectivity index (χ3n) is 10.2. The third kappa shape index (κ3) is 4.87. The zero-order valence-electron chi connectivity index (χ0n) is 33.5. The van der Waals surface area contributed by atoms with E-state index in [-0.39, 0.29) is 23.1 Å². The quantitative estimate of drug-likeness (QED) is 0.183. The maximum atomic E-state index is 8.85. The monoisotopic (exact) mass is 672 g/mol. The number of aromatic nitrogens is 3. The number of nitrogens with zero attached hydrogens (tertiary/aromatic N) is 3. The van der Waals surface area contributed by atoms with Gasteiger partial charge in [0.1, 0.15) is 11.2 Å². The summed E-state index contributed by atoms with van der Waals surface area (Å²) in [6.07, 6.45) is 0. The molecule has 0 saturated heterocycles. The normalized spacial score (nSPS) is 14.3. The Bertz CT molecular complexity index is 3080. The average molecular weight is 673 g/mol. The molecule has 2 heterocycles. The van der Waals surface area contributed by atoms with Crippen LogP contribution >= 0.6 is 0 Å². The molecule has 10 rings (SSSR count). The predicted molar refractivity (Wildman–Crippen MR) is 212 cm³/mol. The van der Waals surface area contributed by atoms with Gasteiger partial charge in [0.05, 0.1) is 6.85 Å². The van der Waals surface area contributed by atoms with E-state index in [0.717, 1.165) is 33.0 Å². The fourth-order valence-electron chi connectivity index (χ4n) is 7.58. The lowest BCUT2D eigenvalue weighted by Crippen LogP contribution is -2.15. The summed E-state index contributed by atoms with van der Waals surface area (Å²) in [5, 5.41) is 1.56. The number of benzene rings is 7. The summed E-state index contributed by atoms with van der Waals surface area (Å²) in [6.45, 7) is 4.51. The second-order valence-corrected chi connectivity index (χ2v) is 13.7. The van der Waals surface area contributed by atoms with Crippen molar-refractivity contribution in [1.82, 2.24) is 15.0 Å². The Hall–Kier alpha value is -6.65. The topological polar surface area (TPSA) is 51.8 Å². The minimum absolute atomic E-state index is 0.0818. The highest BCUT2D eigenvalue weighted by atomic mass is 16.3. The van der Waals surface area contributed by atoms with E-state index in [1.165, 1.54) is 22.3 Å². The molecule has 9 aromatic rings. The van der Waals surface area contributed by atoms with Crippen molar-refractivity contribution in [1.29, 1.82) is 0 Å². The zero-order chi connectivity index (χ0) is 39.2. The number of hydrogen-bond acceptors (Lipinski definition) is 4. The maximum Gasteiger partial charge on any atom is 0.164 e. The van der Waals surface area contributed by atoms with Crippen molar-refractivity contribution in [3.8, 4) is 67.5 Å². The second kappa shape index (κ2) is 11.7. The van der Waals surface area contributed by atoms with Crippen LogP contribution in [0.2, 0.25) is 0 Å². The average Bonchev–Trinajstić information content (AvgIpc) is 3.73. The molecule has 0 aliphatic heterocycles. The molecule has 7 aromatic carbocycles. The van der Waals surface area contributed by atoms with Crippen LogP contribution in [0.15, 0.2) is 168 Å². The second-order valence-electron chi connectivity index (χ2n) is 13.7. The van der Waals surface area contributed by atoms with Crippen molar-refractivity contribution in [2.75, 3.05) is 0 Å². The van der Waals surface area contributed by atoms with Gasteiger partial charge in [0, 0.05) is 38.4 Å². The highest BCUT2D eigenvalue weighted by molar-refractivity contribution is 6.12. The SMILES string of the molecule is [2H]c1c([2H])c([2H])c(-c2cc(-c3ccccc3)cc3c2oc2cc(-c4nc(-c5ccccc5)nc(-c5ccc6c(c5)C(C)(C)c5ccccc5-6)n4)ccc23)c([2H])c1[2H]. The van der Waals surface area contributed by atoms with Gasteiger partial charge >= 0.3 is 0 Å². The van der Waals surface area contributed by atoms with Crippen LogP contribution in [0.5, 0.6) is 0 Å². The summed E-state index contributed by atoms with van der Waals surface area (Å²) >= 11 is 0. The summed E-state index contributed by atoms with van der Waals surface area (Å²) in [7, 11) is 0. The Morgan fingerprint density at radius 1 is 0.462 bits per heavy atom. The molecule has 4 nitrogen and oxygen atoms in total. The predicted octanol–water partition coefficient (Wildman–Crippen LogP) is 12.4. The van der Waals surface area contributed by atoms with E-state index in [2.05, 4.69) is 56.3 Å². The van der Waals surface area contributed by atoms with Gasteiger partial charge in [0.15, 0.2) is 17.5 Å². The van der Waals surface area contributed by atoms with Crippen LogP contribution in [0, 0.1) is 0 Å². The van der Waals surface area contributed by atoms with E-state index in [4.69, 9.17) is 26.2 Å². The smallest absolute Gasteiger partial charge is 0.164 e. The van der Waals surface area contributed by atoms with Gasteiger partial charge in [-0.15, -0.1) is 0 Å². The molecule has 0 fully saturated rings. The van der Waals surface area contributed by atoms with Crippen LogP contribution in [-0.4, -0.2) is 15.0 Å². The van der Waals surface area contributed by atoms with Crippen molar-refractivity contribution in [3.05, 3.63) is 175 Å². The molecule has 0 bridgehead atoms. The Balaban J connectivity index is 1.17. The van der Waals surface area contributed by atoms with Crippen molar-refractivity contribution in [3.63, 3.8) is 0 Å². The number of hydrogen-bond donors (Lipinski definition) is 0. The first-order valence-electron chi connectivity index (χ1n) is 19.8. The minimum atomic E-state index is -0.446. The molecular weight excluding hydrogens is 635 g/mol. The lowest BCUT2D eigenvalue weighted by Gasteiger charge is -2.21. The van der Waals surface area contributed by atoms with Gasteiger partial charge in [-0.05, 0) is 69.3 Å². The molecule has 246 valence electrons. The lowest BCUT2D eigenvalue weighted by molar-refractivity contribution is 0.660. The molecule has 0 saturated carbocycles. The Morgan fingerprint density at radius 2 is 1.08 bits per heavy atom. The summed E-state index contributed by atoms with van der Waals surface area (Å²) < 4.78 is 49.4. The van der Waals surface area contributed by atoms with Crippen molar-refractivity contribution in [2.24, 2.45) is 0 Å². The van der Waals surface area contributed by atoms with Gasteiger partial charge in [-0.25, -0.2) is 15.0 Å². The van der Waals surface area contributed by atoms with E-state index in [9.17, 15) is 0 Å². The van der Waals surface area contributed by atoms with E-state index in [1.54, 1.807) is 0 Å².